The van der Waals surface area contributed by atoms with Gasteiger partial charge in [-0.15, -0.1) is 0 Å². The predicted octanol–water partition coefficient (Wildman–Crippen LogP) is 3.86. The van der Waals surface area contributed by atoms with Gasteiger partial charge in [0.2, 0.25) is 0 Å². The van der Waals surface area contributed by atoms with E-state index in [1.807, 2.05) is 0 Å². The molecule has 0 aliphatic rings. The standard InChI is InChI=1S/C15H10F3NO2/c16-15(17,18)14-5-4-13(7-11(14)8-19)21-12-3-1-2-10(6-12)9-20/h1-7,20H,9H2. The van der Waals surface area contributed by atoms with Crippen molar-refractivity contribution >= 4 is 0 Å². The lowest BCUT2D eigenvalue weighted by Crippen LogP contribution is -2.07. The summed E-state index contributed by atoms with van der Waals surface area (Å²) >= 11 is 0. The first-order valence-corrected chi connectivity index (χ1v) is 5.93. The van der Waals surface area contributed by atoms with Gasteiger partial charge in [0.25, 0.3) is 0 Å². The summed E-state index contributed by atoms with van der Waals surface area (Å²) in [6.07, 6.45) is -4.58. The van der Waals surface area contributed by atoms with Gasteiger partial charge in [-0.3, -0.25) is 0 Å². The van der Waals surface area contributed by atoms with Crippen molar-refractivity contribution in [2.75, 3.05) is 0 Å². The molecule has 0 spiro atoms. The molecule has 0 aromatic heterocycles. The van der Waals surface area contributed by atoms with Gasteiger partial charge < -0.3 is 9.84 Å². The maximum absolute atomic E-state index is 12.7. The summed E-state index contributed by atoms with van der Waals surface area (Å²) in [6, 6.07) is 11.0. The third kappa shape index (κ3) is 3.52. The first kappa shape index (κ1) is 14.9. The van der Waals surface area contributed by atoms with E-state index in [0.29, 0.717) is 11.3 Å². The third-order valence-corrected chi connectivity index (χ3v) is 2.73. The quantitative estimate of drug-likeness (QED) is 0.934. The summed E-state index contributed by atoms with van der Waals surface area (Å²) in [5.41, 5.74) is -0.889. The summed E-state index contributed by atoms with van der Waals surface area (Å²) in [7, 11) is 0. The fourth-order valence-corrected chi connectivity index (χ4v) is 1.77. The summed E-state index contributed by atoms with van der Waals surface area (Å²) in [6.45, 7) is -0.173. The Kier molecular flexibility index (Phi) is 4.15. The number of ether oxygens (including phenoxy) is 1. The van der Waals surface area contributed by atoms with Crippen LogP contribution in [0.2, 0.25) is 0 Å². The van der Waals surface area contributed by atoms with Crippen molar-refractivity contribution in [1.82, 2.24) is 0 Å². The lowest BCUT2D eigenvalue weighted by Gasteiger charge is -2.11. The highest BCUT2D eigenvalue weighted by molar-refractivity contribution is 5.46. The topological polar surface area (TPSA) is 53.2 Å². The number of nitrogens with zero attached hydrogens (tertiary/aromatic N) is 1. The number of alkyl halides is 3. The van der Waals surface area contributed by atoms with Crippen LogP contribution in [0, 0.1) is 11.3 Å². The molecular weight excluding hydrogens is 283 g/mol. The zero-order valence-electron chi connectivity index (χ0n) is 10.7. The lowest BCUT2D eigenvalue weighted by atomic mass is 10.1. The van der Waals surface area contributed by atoms with Crippen LogP contribution in [0.25, 0.3) is 0 Å². The van der Waals surface area contributed by atoms with E-state index in [1.54, 1.807) is 24.3 Å². The Labute approximate surface area is 118 Å². The second kappa shape index (κ2) is 5.85. The first-order valence-electron chi connectivity index (χ1n) is 5.93. The molecule has 0 fully saturated rings. The minimum Gasteiger partial charge on any atom is -0.457 e. The second-order valence-electron chi connectivity index (χ2n) is 4.22. The zero-order chi connectivity index (χ0) is 15.5. The largest absolute Gasteiger partial charge is 0.457 e. The molecule has 21 heavy (non-hydrogen) atoms. The number of halogens is 3. The Morgan fingerprint density at radius 1 is 1.10 bits per heavy atom. The van der Waals surface area contributed by atoms with E-state index < -0.39 is 17.3 Å². The van der Waals surface area contributed by atoms with Crippen LogP contribution in [-0.2, 0) is 12.8 Å². The molecule has 0 bridgehead atoms. The van der Waals surface area contributed by atoms with E-state index in [9.17, 15) is 13.2 Å². The van der Waals surface area contributed by atoms with Crippen molar-refractivity contribution in [2.24, 2.45) is 0 Å². The van der Waals surface area contributed by atoms with E-state index in [1.165, 1.54) is 6.07 Å². The average Bonchev–Trinajstić information content (AvgIpc) is 2.46. The molecule has 108 valence electrons. The van der Waals surface area contributed by atoms with Gasteiger partial charge in [-0.05, 0) is 35.9 Å². The minimum atomic E-state index is -4.58. The van der Waals surface area contributed by atoms with E-state index >= 15 is 0 Å². The van der Waals surface area contributed by atoms with Gasteiger partial charge in [0.1, 0.15) is 11.5 Å². The molecule has 0 amide bonds. The smallest absolute Gasteiger partial charge is 0.417 e. The van der Waals surface area contributed by atoms with Crippen LogP contribution in [0.1, 0.15) is 16.7 Å². The summed E-state index contributed by atoms with van der Waals surface area (Å²) < 4.78 is 43.4. The van der Waals surface area contributed by atoms with Crippen LogP contribution in [0.4, 0.5) is 13.2 Å². The fourth-order valence-electron chi connectivity index (χ4n) is 1.77. The highest BCUT2D eigenvalue weighted by Crippen LogP contribution is 2.34. The number of aliphatic hydroxyl groups is 1. The summed E-state index contributed by atoms with van der Waals surface area (Å²) in [5.74, 6) is 0.486. The molecule has 2 aromatic carbocycles. The Morgan fingerprint density at radius 2 is 1.81 bits per heavy atom. The van der Waals surface area contributed by atoms with Gasteiger partial charge in [-0.25, -0.2) is 0 Å². The van der Waals surface area contributed by atoms with Crippen molar-refractivity contribution in [2.45, 2.75) is 12.8 Å². The van der Waals surface area contributed by atoms with Crippen molar-refractivity contribution in [3.8, 4) is 17.6 Å². The maximum Gasteiger partial charge on any atom is 0.417 e. The van der Waals surface area contributed by atoms with Gasteiger partial charge >= 0.3 is 6.18 Å². The molecule has 0 saturated heterocycles. The molecule has 0 saturated carbocycles. The van der Waals surface area contributed by atoms with Crippen LogP contribution >= 0.6 is 0 Å². The van der Waals surface area contributed by atoms with Crippen LogP contribution in [0.15, 0.2) is 42.5 Å². The maximum atomic E-state index is 12.7. The summed E-state index contributed by atoms with van der Waals surface area (Å²) in [4.78, 5) is 0. The third-order valence-electron chi connectivity index (χ3n) is 2.73. The van der Waals surface area contributed by atoms with E-state index in [2.05, 4.69) is 0 Å². The minimum absolute atomic E-state index is 0.120. The number of hydrogen-bond donors (Lipinski definition) is 1. The monoisotopic (exact) mass is 293 g/mol. The van der Waals surface area contributed by atoms with Gasteiger partial charge in [0, 0.05) is 0 Å². The Hall–Kier alpha value is -2.52. The number of rotatable bonds is 3. The van der Waals surface area contributed by atoms with E-state index in [-0.39, 0.29) is 12.4 Å². The molecule has 0 atom stereocenters. The Bertz CT molecular complexity index is 690. The van der Waals surface area contributed by atoms with Crippen molar-refractivity contribution in [3.63, 3.8) is 0 Å². The second-order valence-corrected chi connectivity index (χ2v) is 4.22. The highest BCUT2D eigenvalue weighted by atomic mass is 19.4. The number of hydrogen-bond acceptors (Lipinski definition) is 3. The zero-order valence-corrected chi connectivity index (χ0v) is 10.7. The molecule has 0 unspecified atom stereocenters. The fraction of sp³-hybridized carbons (Fsp3) is 0.133. The first-order chi connectivity index (χ1) is 9.94. The van der Waals surface area contributed by atoms with Gasteiger partial charge in [0.15, 0.2) is 0 Å². The number of nitriles is 1. The van der Waals surface area contributed by atoms with Gasteiger partial charge in [0.05, 0.1) is 23.8 Å². The molecular formula is C15H10F3NO2. The molecule has 6 heteroatoms. The summed E-state index contributed by atoms with van der Waals surface area (Å²) in [5, 5.41) is 17.8. The number of aliphatic hydroxyl groups excluding tert-OH is 1. The number of benzene rings is 2. The van der Waals surface area contributed by atoms with Crippen molar-refractivity contribution in [3.05, 3.63) is 59.2 Å². The van der Waals surface area contributed by atoms with Crippen LogP contribution in [0.3, 0.4) is 0 Å². The lowest BCUT2D eigenvalue weighted by molar-refractivity contribution is -0.137. The molecule has 1 N–H and O–H groups in total. The van der Waals surface area contributed by atoms with E-state index in [4.69, 9.17) is 15.1 Å². The molecule has 0 aliphatic carbocycles. The SMILES string of the molecule is N#Cc1cc(Oc2cccc(CO)c2)ccc1C(F)(F)F. The van der Waals surface area contributed by atoms with E-state index in [0.717, 1.165) is 18.2 Å². The Balaban J connectivity index is 2.32. The molecule has 2 rings (SSSR count). The van der Waals surface area contributed by atoms with Crippen LogP contribution < -0.4 is 4.74 Å². The van der Waals surface area contributed by atoms with Crippen molar-refractivity contribution < 1.29 is 23.0 Å². The van der Waals surface area contributed by atoms with Crippen LogP contribution in [-0.4, -0.2) is 5.11 Å². The van der Waals surface area contributed by atoms with Crippen LogP contribution in [0.5, 0.6) is 11.5 Å². The predicted molar refractivity (Wildman–Crippen MR) is 68.6 cm³/mol. The molecule has 0 heterocycles. The molecule has 0 aliphatic heterocycles. The molecule has 3 nitrogen and oxygen atoms in total. The van der Waals surface area contributed by atoms with Crippen molar-refractivity contribution in [1.29, 1.82) is 5.26 Å². The highest BCUT2D eigenvalue weighted by Gasteiger charge is 2.33. The molecule has 0 radical (unpaired) electrons. The van der Waals surface area contributed by atoms with Gasteiger partial charge in [-0.2, -0.15) is 18.4 Å². The average molecular weight is 293 g/mol. The van der Waals surface area contributed by atoms with Gasteiger partial charge in [-0.1, -0.05) is 12.1 Å². The molecule has 2 aromatic rings. The Morgan fingerprint density at radius 3 is 2.43 bits per heavy atom. The normalized spacial score (nSPS) is 11.0.